The maximum absolute atomic E-state index is 12.9. The second kappa shape index (κ2) is 7.28. The van der Waals surface area contributed by atoms with Gasteiger partial charge in [0.1, 0.15) is 16.7 Å². The van der Waals surface area contributed by atoms with E-state index in [1.807, 2.05) is 6.92 Å². The van der Waals surface area contributed by atoms with Crippen LogP contribution in [0.3, 0.4) is 0 Å². The van der Waals surface area contributed by atoms with E-state index in [1.54, 1.807) is 0 Å². The van der Waals surface area contributed by atoms with E-state index >= 15 is 0 Å². The summed E-state index contributed by atoms with van der Waals surface area (Å²) in [5.41, 5.74) is -1.02. The molecular weight excluding hydrogens is 374 g/mol. The molecule has 0 saturated heterocycles. The van der Waals surface area contributed by atoms with Gasteiger partial charge in [0.25, 0.3) is 10.0 Å². The Kier molecular flexibility index (Phi) is 5.04. The van der Waals surface area contributed by atoms with Crippen LogP contribution in [0.15, 0.2) is 56.7 Å². The summed E-state index contributed by atoms with van der Waals surface area (Å²) in [6.07, 6.45) is 0.614. The molecule has 1 aromatic heterocycles. The molecule has 27 heavy (non-hydrogen) atoms. The Bertz CT molecular complexity index is 1140. The van der Waals surface area contributed by atoms with Crippen molar-refractivity contribution in [2.24, 2.45) is 0 Å². The molecule has 3 aromatic rings. The number of methoxy groups -OCH3 is 1. The van der Waals surface area contributed by atoms with Crippen LogP contribution in [-0.4, -0.2) is 32.2 Å². The molecule has 1 heterocycles. The third kappa shape index (κ3) is 3.33. The molecule has 0 bridgehead atoms. The number of ether oxygens (including phenoxy) is 2. The number of rotatable bonds is 6. The second-order valence-electron chi connectivity index (χ2n) is 5.62. The highest BCUT2D eigenvalue weighted by atomic mass is 32.2. The van der Waals surface area contributed by atoms with Gasteiger partial charge in [0.15, 0.2) is 0 Å². The van der Waals surface area contributed by atoms with Gasteiger partial charge in [0, 0.05) is 0 Å². The number of aromatic nitrogens is 1. The summed E-state index contributed by atoms with van der Waals surface area (Å²) >= 11 is 0. The number of hydrogen-bond donors (Lipinski definition) is 0. The number of carbonyl (C=O) groups is 1. The number of carbonyl (C=O) groups excluding carboxylic acids is 1. The monoisotopic (exact) mass is 391 g/mol. The predicted molar refractivity (Wildman–Crippen MR) is 96.6 cm³/mol. The van der Waals surface area contributed by atoms with Crippen LogP contribution >= 0.6 is 0 Å². The maximum atomic E-state index is 12.9. The van der Waals surface area contributed by atoms with Gasteiger partial charge in [-0.15, -0.1) is 0 Å². The standard InChI is InChI=1S/C18H17NO7S/c1-3-11-25-17(20)14-5-4-6-15-16(14)18(21)26-19(15)27(22,23)13-9-7-12(24-2)8-10-13/h4-10H,3,11H2,1-2H3. The van der Waals surface area contributed by atoms with Crippen LogP contribution in [0.5, 0.6) is 5.75 Å². The highest BCUT2D eigenvalue weighted by Crippen LogP contribution is 2.24. The Labute approximate surface area is 154 Å². The van der Waals surface area contributed by atoms with Gasteiger partial charge in [-0.1, -0.05) is 17.1 Å². The lowest BCUT2D eigenvalue weighted by molar-refractivity contribution is 0.0507. The summed E-state index contributed by atoms with van der Waals surface area (Å²) in [6.45, 7) is 2.02. The van der Waals surface area contributed by atoms with E-state index in [2.05, 4.69) is 0 Å². The first-order chi connectivity index (χ1) is 12.9. The Hall–Kier alpha value is -3.07. The summed E-state index contributed by atoms with van der Waals surface area (Å²) in [5.74, 6) is -0.233. The average molecular weight is 391 g/mol. The van der Waals surface area contributed by atoms with Crippen LogP contribution in [0.2, 0.25) is 0 Å². The summed E-state index contributed by atoms with van der Waals surface area (Å²) in [6, 6.07) is 9.85. The highest BCUT2D eigenvalue weighted by Gasteiger charge is 2.26. The molecule has 2 aromatic carbocycles. The zero-order valence-corrected chi connectivity index (χ0v) is 15.5. The van der Waals surface area contributed by atoms with Gasteiger partial charge in [-0.3, -0.25) is 0 Å². The van der Waals surface area contributed by atoms with E-state index in [9.17, 15) is 18.0 Å². The smallest absolute Gasteiger partial charge is 0.367 e. The number of nitrogens with zero attached hydrogens (tertiary/aromatic N) is 1. The molecule has 142 valence electrons. The first-order valence-corrected chi connectivity index (χ1v) is 9.56. The minimum Gasteiger partial charge on any atom is -0.497 e. The van der Waals surface area contributed by atoms with Crippen molar-refractivity contribution in [2.45, 2.75) is 18.2 Å². The summed E-state index contributed by atoms with van der Waals surface area (Å²) in [4.78, 5) is 24.4. The number of hydrogen-bond acceptors (Lipinski definition) is 7. The van der Waals surface area contributed by atoms with E-state index in [0.29, 0.717) is 16.3 Å². The predicted octanol–water partition coefficient (Wildman–Crippen LogP) is 2.41. The van der Waals surface area contributed by atoms with Crippen molar-refractivity contribution in [1.82, 2.24) is 4.15 Å². The van der Waals surface area contributed by atoms with Crippen molar-refractivity contribution in [1.29, 1.82) is 0 Å². The summed E-state index contributed by atoms with van der Waals surface area (Å²) in [7, 11) is -2.73. The van der Waals surface area contributed by atoms with E-state index in [0.717, 1.165) is 0 Å². The molecule has 0 amide bonds. The fourth-order valence-corrected chi connectivity index (χ4v) is 3.79. The van der Waals surface area contributed by atoms with Gasteiger partial charge in [-0.05, 0) is 42.8 Å². The lowest BCUT2D eigenvalue weighted by Gasteiger charge is -2.07. The maximum Gasteiger partial charge on any atom is 0.367 e. The van der Waals surface area contributed by atoms with Crippen LogP contribution < -0.4 is 10.4 Å². The van der Waals surface area contributed by atoms with E-state index in [4.69, 9.17) is 14.0 Å². The topological polar surface area (TPSA) is 105 Å². The van der Waals surface area contributed by atoms with Crippen molar-refractivity contribution in [3.05, 3.63) is 58.4 Å². The molecule has 9 heteroatoms. The van der Waals surface area contributed by atoms with Crippen LogP contribution in [0, 0.1) is 0 Å². The Balaban J connectivity index is 2.15. The van der Waals surface area contributed by atoms with Gasteiger partial charge in [0.05, 0.1) is 24.2 Å². The normalized spacial score (nSPS) is 11.5. The Morgan fingerprint density at radius 3 is 2.48 bits per heavy atom. The van der Waals surface area contributed by atoms with Crippen LogP contribution in [0.1, 0.15) is 23.7 Å². The number of fused-ring (bicyclic) bond motifs is 1. The van der Waals surface area contributed by atoms with Crippen LogP contribution in [0.4, 0.5) is 0 Å². The molecule has 0 saturated carbocycles. The zero-order chi connectivity index (χ0) is 19.6. The Morgan fingerprint density at radius 1 is 1.15 bits per heavy atom. The quantitative estimate of drug-likeness (QED) is 0.594. The average Bonchev–Trinajstić information content (AvgIpc) is 3.04. The lowest BCUT2D eigenvalue weighted by Crippen LogP contribution is -2.12. The van der Waals surface area contributed by atoms with E-state index in [-0.39, 0.29) is 28.0 Å². The van der Waals surface area contributed by atoms with Gasteiger partial charge in [0.2, 0.25) is 0 Å². The minimum absolute atomic E-state index is 0.0400. The third-order valence-electron chi connectivity index (χ3n) is 3.84. The van der Waals surface area contributed by atoms with E-state index in [1.165, 1.54) is 49.6 Å². The molecule has 0 radical (unpaired) electrons. The van der Waals surface area contributed by atoms with Gasteiger partial charge < -0.3 is 14.0 Å². The molecule has 0 aliphatic heterocycles. The van der Waals surface area contributed by atoms with Gasteiger partial charge in [-0.2, -0.15) is 8.42 Å². The number of benzene rings is 2. The van der Waals surface area contributed by atoms with Crippen molar-refractivity contribution in [3.8, 4) is 5.75 Å². The van der Waals surface area contributed by atoms with Crippen LogP contribution in [-0.2, 0) is 14.8 Å². The molecule has 0 unspecified atom stereocenters. The van der Waals surface area contributed by atoms with E-state index < -0.39 is 21.6 Å². The molecule has 0 N–H and O–H groups in total. The molecule has 0 atom stereocenters. The molecule has 0 fully saturated rings. The lowest BCUT2D eigenvalue weighted by atomic mass is 10.1. The SMILES string of the molecule is CCCOC(=O)c1cccc2c1c(=O)on2S(=O)(=O)c1ccc(OC)cc1. The Morgan fingerprint density at radius 2 is 1.85 bits per heavy atom. The van der Waals surface area contributed by atoms with Crippen molar-refractivity contribution in [2.75, 3.05) is 13.7 Å². The third-order valence-corrected chi connectivity index (χ3v) is 5.42. The first kappa shape index (κ1) is 18.7. The highest BCUT2D eigenvalue weighted by molar-refractivity contribution is 7.90. The zero-order valence-electron chi connectivity index (χ0n) is 14.7. The molecular formula is C18H17NO7S. The van der Waals surface area contributed by atoms with Gasteiger partial charge in [-0.25, -0.2) is 9.59 Å². The summed E-state index contributed by atoms with van der Waals surface area (Å²) < 4.78 is 41.3. The number of esters is 1. The summed E-state index contributed by atoms with van der Waals surface area (Å²) in [5, 5.41) is -0.143. The van der Waals surface area contributed by atoms with Crippen molar-refractivity contribution >= 4 is 26.9 Å². The fourth-order valence-electron chi connectivity index (χ4n) is 2.54. The largest absolute Gasteiger partial charge is 0.497 e. The van der Waals surface area contributed by atoms with Gasteiger partial charge >= 0.3 is 11.6 Å². The van der Waals surface area contributed by atoms with Crippen molar-refractivity contribution in [3.63, 3.8) is 0 Å². The molecule has 0 aliphatic carbocycles. The van der Waals surface area contributed by atoms with Crippen molar-refractivity contribution < 1.29 is 27.2 Å². The molecule has 0 aliphatic rings. The first-order valence-electron chi connectivity index (χ1n) is 8.12. The minimum atomic E-state index is -4.19. The van der Waals surface area contributed by atoms with Crippen LogP contribution in [0.25, 0.3) is 10.9 Å². The second-order valence-corrected chi connectivity index (χ2v) is 7.38. The molecule has 3 rings (SSSR count). The molecule has 8 nitrogen and oxygen atoms in total. The molecule has 0 spiro atoms. The fraction of sp³-hybridized carbons (Fsp3) is 0.222.